The van der Waals surface area contributed by atoms with E-state index < -0.39 is 0 Å². The van der Waals surface area contributed by atoms with E-state index in [9.17, 15) is 4.79 Å². The van der Waals surface area contributed by atoms with Crippen molar-refractivity contribution >= 4 is 34.2 Å². The maximum absolute atomic E-state index is 11.7. The van der Waals surface area contributed by atoms with Crippen molar-refractivity contribution in [2.24, 2.45) is 0 Å². The molecule has 0 radical (unpaired) electrons. The van der Waals surface area contributed by atoms with Gasteiger partial charge >= 0.3 is 0 Å². The third kappa shape index (κ3) is 2.45. The molecule has 3 nitrogen and oxygen atoms in total. The van der Waals surface area contributed by atoms with Crippen LogP contribution in [0.5, 0.6) is 0 Å². The van der Waals surface area contributed by atoms with Gasteiger partial charge in [-0.05, 0) is 19.3 Å². The fourth-order valence-corrected chi connectivity index (χ4v) is 3.61. The number of rotatable bonds is 1. The van der Waals surface area contributed by atoms with Gasteiger partial charge in [0.15, 0.2) is 0 Å². The molecule has 0 bridgehead atoms. The minimum Gasteiger partial charge on any atom is -0.358 e. The summed E-state index contributed by atoms with van der Waals surface area (Å²) in [5.74, 6) is 0.238. The van der Waals surface area contributed by atoms with E-state index in [1.165, 1.54) is 12.8 Å². The SMILES string of the molecule is CN1CC[C@H](SC(=S)N2CCCC2)C1=O. The smallest absolute Gasteiger partial charge is 0.235 e. The van der Waals surface area contributed by atoms with Gasteiger partial charge in [0.1, 0.15) is 4.32 Å². The van der Waals surface area contributed by atoms with E-state index in [0.29, 0.717) is 0 Å². The maximum Gasteiger partial charge on any atom is 0.235 e. The Morgan fingerprint density at radius 3 is 2.60 bits per heavy atom. The predicted octanol–water partition coefficient (Wildman–Crippen LogP) is 1.33. The maximum atomic E-state index is 11.7. The summed E-state index contributed by atoms with van der Waals surface area (Å²) < 4.78 is 0.918. The van der Waals surface area contributed by atoms with Crippen LogP contribution >= 0.6 is 24.0 Å². The van der Waals surface area contributed by atoms with Crippen LogP contribution < -0.4 is 0 Å². The summed E-state index contributed by atoms with van der Waals surface area (Å²) in [6.07, 6.45) is 3.41. The average Bonchev–Trinajstić information content (AvgIpc) is 2.83. The summed E-state index contributed by atoms with van der Waals surface area (Å²) in [4.78, 5) is 15.7. The zero-order valence-corrected chi connectivity index (χ0v) is 10.6. The first-order valence-corrected chi connectivity index (χ1v) is 6.68. The van der Waals surface area contributed by atoms with Gasteiger partial charge in [0, 0.05) is 26.7 Å². The molecule has 15 heavy (non-hydrogen) atoms. The highest BCUT2D eigenvalue weighted by molar-refractivity contribution is 8.23. The van der Waals surface area contributed by atoms with Gasteiger partial charge in [0.05, 0.1) is 5.25 Å². The van der Waals surface area contributed by atoms with Crippen LogP contribution in [0, 0.1) is 0 Å². The zero-order valence-electron chi connectivity index (χ0n) is 8.94. The molecule has 1 atom stereocenters. The molecule has 0 unspecified atom stereocenters. The van der Waals surface area contributed by atoms with E-state index in [2.05, 4.69) is 4.90 Å². The number of carbonyl (C=O) groups excluding carboxylic acids is 1. The second kappa shape index (κ2) is 4.70. The molecular weight excluding hydrogens is 228 g/mol. The highest BCUT2D eigenvalue weighted by Crippen LogP contribution is 2.27. The molecule has 0 saturated carbocycles. The molecule has 0 N–H and O–H groups in total. The van der Waals surface area contributed by atoms with Crippen LogP contribution in [-0.2, 0) is 4.79 Å². The van der Waals surface area contributed by atoms with Crippen LogP contribution in [0.25, 0.3) is 0 Å². The molecule has 2 aliphatic heterocycles. The predicted molar refractivity (Wildman–Crippen MR) is 67.0 cm³/mol. The van der Waals surface area contributed by atoms with Crippen molar-refractivity contribution in [2.45, 2.75) is 24.5 Å². The molecule has 0 spiro atoms. The van der Waals surface area contributed by atoms with Crippen LogP contribution in [-0.4, -0.2) is 52.0 Å². The van der Waals surface area contributed by atoms with Gasteiger partial charge < -0.3 is 9.80 Å². The number of hydrogen-bond acceptors (Lipinski definition) is 3. The molecule has 84 valence electrons. The fourth-order valence-electron chi connectivity index (χ4n) is 2.00. The topological polar surface area (TPSA) is 23.6 Å². The van der Waals surface area contributed by atoms with E-state index in [-0.39, 0.29) is 11.2 Å². The van der Waals surface area contributed by atoms with Crippen LogP contribution in [0.15, 0.2) is 0 Å². The third-order valence-electron chi connectivity index (χ3n) is 2.99. The monoisotopic (exact) mass is 244 g/mol. The summed E-state index contributed by atoms with van der Waals surface area (Å²) in [5.41, 5.74) is 0. The molecule has 0 aromatic heterocycles. The minimum atomic E-state index is 0.0723. The number of nitrogens with zero attached hydrogens (tertiary/aromatic N) is 2. The second-order valence-corrected chi connectivity index (χ2v) is 5.95. The van der Waals surface area contributed by atoms with Gasteiger partial charge in [-0.15, -0.1) is 0 Å². The fraction of sp³-hybridized carbons (Fsp3) is 0.800. The standard InChI is InChI=1S/C10H16N2OS2/c1-11-7-4-8(9(11)13)15-10(14)12-5-2-3-6-12/h8H,2-7H2,1H3/t8-/m0/s1. The molecule has 2 fully saturated rings. The largest absolute Gasteiger partial charge is 0.358 e. The number of thioether (sulfide) groups is 1. The number of hydrogen-bond donors (Lipinski definition) is 0. The first-order chi connectivity index (χ1) is 7.18. The van der Waals surface area contributed by atoms with Gasteiger partial charge in [-0.1, -0.05) is 24.0 Å². The Morgan fingerprint density at radius 1 is 1.40 bits per heavy atom. The number of likely N-dealkylation sites (tertiary alicyclic amines) is 2. The van der Waals surface area contributed by atoms with E-state index >= 15 is 0 Å². The van der Waals surface area contributed by atoms with Crippen LogP contribution in [0.2, 0.25) is 0 Å². The van der Waals surface area contributed by atoms with E-state index in [1.54, 1.807) is 16.7 Å². The Hall–Kier alpha value is -0.290. The molecule has 2 saturated heterocycles. The van der Waals surface area contributed by atoms with E-state index in [4.69, 9.17) is 12.2 Å². The van der Waals surface area contributed by atoms with Crippen molar-refractivity contribution in [3.05, 3.63) is 0 Å². The molecule has 2 rings (SSSR count). The lowest BCUT2D eigenvalue weighted by Gasteiger charge is -2.19. The summed E-state index contributed by atoms with van der Waals surface area (Å²) in [6.45, 7) is 3.02. The molecule has 0 aromatic carbocycles. The van der Waals surface area contributed by atoms with Gasteiger partial charge in [0.25, 0.3) is 0 Å². The number of thiocarbonyl (C=S) groups is 1. The lowest BCUT2D eigenvalue weighted by atomic mass is 10.4. The van der Waals surface area contributed by atoms with Gasteiger partial charge in [-0.2, -0.15) is 0 Å². The molecule has 2 heterocycles. The van der Waals surface area contributed by atoms with Gasteiger partial charge in [-0.25, -0.2) is 0 Å². The number of amides is 1. The molecule has 0 aromatic rings. The lowest BCUT2D eigenvalue weighted by molar-refractivity contribution is -0.126. The van der Waals surface area contributed by atoms with Crippen molar-refractivity contribution in [3.63, 3.8) is 0 Å². The normalized spacial score (nSPS) is 26.5. The highest BCUT2D eigenvalue weighted by Gasteiger charge is 2.31. The van der Waals surface area contributed by atoms with Crippen LogP contribution in [0.4, 0.5) is 0 Å². The first-order valence-electron chi connectivity index (χ1n) is 5.39. The van der Waals surface area contributed by atoms with Crippen molar-refractivity contribution < 1.29 is 4.79 Å². The highest BCUT2D eigenvalue weighted by atomic mass is 32.2. The zero-order chi connectivity index (χ0) is 10.8. The molecule has 2 aliphatic rings. The van der Waals surface area contributed by atoms with Gasteiger partial charge in [0.2, 0.25) is 5.91 Å². The van der Waals surface area contributed by atoms with Crippen molar-refractivity contribution in [3.8, 4) is 0 Å². The Balaban J connectivity index is 1.86. The Bertz CT molecular complexity index is 277. The van der Waals surface area contributed by atoms with Crippen LogP contribution in [0.1, 0.15) is 19.3 Å². The number of carbonyl (C=O) groups is 1. The quantitative estimate of drug-likeness (QED) is 0.649. The summed E-state index contributed by atoms with van der Waals surface area (Å²) in [5, 5.41) is 0.0723. The molecule has 0 aliphatic carbocycles. The molecule has 5 heteroatoms. The average molecular weight is 244 g/mol. The summed E-state index contributed by atoms with van der Waals surface area (Å²) in [7, 11) is 1.86. The van der Waals surface area contributed by atoms with E-state index in [1.807, 2.05) is 7.05 Å². The summed E-state index contributed by atoms with van der Waals surface area (Å²) in [6, 6.07) is 0. The summed E-state index contributed by atoms with van der Waals surface area (Å²) >= 11 is 6.94. The lowest BCUT2D eigenvalue weighted by Crippen LogP contribution is -2.29. The van der Waals surface area contributed by atoms with Gasteiger partial charge in [-0.3, -0.25) is 4.79 Å². The molecular formula is C10H16N2OS2. The Kier molecular flexibility index (Phi) is 3.51. The molecule has 1 amide bonds. The van der Waals surface area contributed by atoms with Crippen molar-refractivity contribution in [1.29, 1.82) is 0 Å². The minimum absolute atomic E-state index is 0.0723. The Morgan fingerprint density at radius 2 is 2.07 bits per heavy atom. The second-order valence-electron chi connectivity index (χ2n) is 4.12. The first kappa shape index (κ1) is 11.2. The van der Waals surface area contributed by atoms with Crippen LogP contribution in [0.3, 0.4) is 0 Å². The van der Waals surface area contributed by atoms with E-state index in [0.717, 1.165) is 30.4 Å². The third-order valence-corrected chi connectivity index (χ3v) is 4.71. The van der Waals surface area contributed by atoms with Crippen molar-refractivity contribution in [1.82, 2.24) is 9.80 Å². The Labute approximate surface area is 100 Å². The van der Waals surface area contributed by atoms with Crippen molar-refractivity contribution in [2.75, 3.05) is 26.7 Å².